The summed E-state index contributed by atoms with van der Waals surface area (Å²) in [5.74, 6) is -0.616. The topological polar surface area (TPSA) is 92.4 Å². The molecule has 0 spiro atoms. The lowest BCUT2D eigenvalue weighted by molar-refractivity contribution is 0.282. The molecular weight excluding hydrogens is 303 g/mol. The standard InChI is InChI=1S/C12H19FN2O3S2/c1-7-4-9(5-10(14)12(7)13)20(17,18)15-8(2)11(6-16)19-3/h4-5,8,11,15-16H,6,14H2,1-3H3. The van der Waals surface area contributed by atoms with Crippen LogP contribution in [0.1, 0.15) is 12.5 Å². The molecule has 0 heterocycles. The van der Waals surface area contributed by atoms with Gasteiger partial charge in [0.25, 0.3) is 0 Å². The Bertz CT molecular complexity index is 551. The Kier molecular flexibility index (Phi) is 5.81. The van der Waals surface area contributed by atoms with Crippen LogP contribution < -0.4 is 10.5 Å². The second kappa shape index (κ2) is 6.75. The number of aliphatic hydroxyl groups is 1. The number of hydrogen-bond donors (Lipinski definition) is 3. The number of aryl methyl sites for hydroxylation is 1. The van der Waals surface area contributed by atoms with E-state index in [0.717, 1.165) is 6.07 Å². The predicted octanol–water partition coefficient (Wildman–Crippen LogP) is 1.11. The van der Waals surface area contributed by atoms with E-state index in [1.54, 1.807) is 13.2 Å². The number of rotatable bonds is 6. The normalized spacial score (nSPS) is 15.1. The van der Waals surface area contributed by atoms with Crippen molar-refractivity contribution in [1.82, 2.24) is 4.72 Å². The van der Waals surface area contributed by atoms with E-state index < -0.39 is 21.9 Å². The molecule has 5 nitrogen and oxygen atoms in total. The first-order chi connectivity index (χ1) is 9.22. The van der Waals surface area contributed by atoms with E-state index in [-0.39, 0.29) is 28.0 Å². The van der Waals surface area contributed by atoms with E-state index in [9.17, 15) is 12.8 Å². The lowest BCUT2D eigenvalue weighted by atomic mass is 10.2. The molecule has 1 aromatic carbocycles. The summed E-state index contributed by atoms with van der Waals surface area (Å²) in [6, 6.07) is 1.85. The molecule has 0 saturated carbocycles. The van der Waals surface area contributed by atoms with Crippen molar-refractivity contribution >= 4 is 27.5 Å². The number of aliphatic hydroxyl groups excluding tert-OH is 1. The van der Waals surface area contributed by atoms with Gasteiger partial charge in [0, 0.05) is 11.3 Å². The number of hydrogen-bond acceptors (Lipinski definition) is 5. The quantitative estimate of drug-likeness (QED) is 0.682. The molecular formula is C12H19FN2O3S2. The fraction of sp³-hybridized carbons (Fsp3) is 0.500. The lowest BCUT2D eigenvalue weighted by Crippen LogP contribution is -2.41. The number of halogens is 1. The van der Waals surface area contributed by atoms with Crippen molar-refractivity contribution in [2.45, 2.75) is 30.0 Å². The number of nitrogens with one attached hydrogen (secondary N) is 1. The van der Waals surface area contributed by atoms with E-state index in [1.807, 2.05) is 0 Å². The van der Waals surface area contributed by atoms with Gasteiger partial charge in [0.1, 0.15) is 5.82 Å². The molecule has 114 valence electrons. The molecule has 0 bridgehead atoms. The molecule has 1 aromatic rings. The number of sulfonamides is 1. The second-order valence-electron chi connectivity index (χ2n) is 4.51. The molecule has 0 aliphatic heterocycles. The van der Waals surface area contributed by atoms with Crippen LogP contribution in [0.5, 0.6) is 0 Å². The molecule has 8 heteroatoms. The van der Waals surface area contributed by atoms with E-state index >= 15 is 0 Å². The number of anilines is 1. The van der Waals surface area contributed by atoms with E-state index in [0.29, 0.717) is 0 Å². The highest BCUT2D eigenvalue weighted by atomic mass is 32.2. The van der Waals surface area contributed by atoms with Gasteiger partial charge in [-0.2, -0.15) is 11.8 Å². The third-order valence-electron chi connectivity index (χ3n) is 2.95. The third-order valence-corrected chi connectivity index (χ3v) is 5.65. The van der Waals surface area contributed by atoms with Gasteiger partial charge in [-0.1, -0.05) is 0 Å². The van der Waals surface area contributed by atoms with Gasteiger partial charge in [0.15, 0.2) is 0 Å². The van der Waals surface area contributed by atoms with Gasteiger partial charge >= 0.3 is 0 Å². The summed E-state index contributed by atoms with van der Waals surface area (Å²) in [4.78, 5) is -0.0847. The Hall–Kier alpha value is -0.830. The monoisotopic (exact) mass is 322 g/mol. The van der Waals surface area contributed by atoms with Crippen LogP contribution in [-0.4, -0.2) is 37.7 Å². The van der Waals surface area contributed by atoms with Crippen molar-refractivity contribution in [3.63, 3.8) is 0 Å². The van der Waals surface area contributed by atoms with Crippen molar-refractivity contribution in [3.05, 3.63) is 23.5 Å². The number of thioether (sulfide) groups is 1. The molecule has 0 fully saturated rings. The molecule has 1 rings (SSSR count). The minimum Gasteiger partial charge on any atom is -0.396 e. The Balaban J connectivity index is 3.06. The molecule has 0 aromatic heterocycles. The zero-order chi connectivity index (χ0) is 15.5. The van der Waals surface area contributed by atoms with Crippen molar-refractivity contribution < 1.29 is 17.9 Å². The molecule has 4 N–H and O–H groups in total. The van der Waals surface area contributed by atoms with Crippen LogP contribution in [0.25, 0.3) is 0 Å². The first-order valence-corrected chi connectivity index (χ1v) is 8.71. The van der Waals surface area contributed by atoms with Crippen molar-refractivity contribution in [1.29, 1.82) is 0 Å². The first kappa shape index (κ1) is 17.2. The zero-order valence-electron chi connectivity index (χ0n) is 11.6. The molecule has 20 heavy (non-hydrogen) atoms. The maximum Gasteiger partial charge on any atom is 0.240 e. The molecule has 0 radical (unpaired) electrons. The van der Waals surface area contributed by atoms with Crippen molar-refractivity contribution in [2.24, 2.45) is 0 Å². The van der Waals surface area contributed by atoms with Gasteiger partial charge in [0.2, 0.25) is 10.0 Å². The van der Waals surface area contributed by atoms with E-state index in [1.165, 1.54) is 24.8 Å². The summed E-state index contributed by atoms with van der Waals surface area (Å²) in [7, 11) is -3.81. The highest BCUT2D eigenvalue weighted by Crippen LogP contribution is 2.21. The van der Waals surface area contributed by atoms with E-state index in [4.69, 9.17) is 10.8 Å². The molecule has 2 atom stereocenters. The minimum absolute atomic E-state index is 0.0847. The molecule has 2 unspecified atom stereocenters. The van der Waals surface area contributed by atoms with Gasteiger partial charge in [-0.15, -0.1) is 0 Å². The van der Waals surface area contributed by atoms with Crippen LogP contribution in [0.2, 0.25) is 0 Å². The maximum absolute atomic E-state index is 13.4. The van der Waals surface area contributed by atoms with Crippen LogP contribution in [0.4, 0.5) is 10.1 Å². The Labute approximate surface area is 122 Å². The number of nitrogens with two attached hydrogens (primary N) is 1. The average molecular weight is 322 g/mol. The Morgan fingerprint density at radius 3 is 2.55 bits per heavy atom. The molecule has 0 aliphatic rings. The Morgan fingerprint density at radius 1 is 1.50 bits per heavy atom. The Morgan fingerprint density at radius 2 is 2.10 bits per heavy atom. The summed E-state index contributed by atoms with van der Waals surface area (Å²) in [5, 5.41) is 8.90. The van der Waals surface area contributed by atoms with Gasteiger partial charge in [-0.25, -0.2) is 17.5 Å². The SMILES string of the molecule is CSC(CO)C(C)NS(=O)(=O)c1cc(C)c(F)c(N)c1. The lowest BCUT2D eigenvalue weighted by Gasteiger charge is -2.21. The van der Waals surface area contributed by atoms with Gasteiger partial charge in [-0.3, -0.25) is 0 Å². The second-order valence-corrected chi connectivity index (χ2v) is 7.30. The smallest absolute Gasteiger partial charge is 0.240 e. The van der Waals surface area contributed by atoms with Crippen LogP contribution in [0.3, 0.4) is 0 Å². The van der Waals surface area contributed by atoms with Gasteiger partial charge < -0.3 is 10.8 Å². The van der Waals surface area contributed by atoms with E-state index in [2.05, 4.69) is 4.72 Å². The minimum atomic E-state index is -3.81. The third kappa shape index (κ3) is 3.85. The largest absolute Gasteiger partial charge is 0.396 e. The van der Waals surface area contributed by atoms with Crippen LogP contribution >= 0.6 is 11.8 Å². The van der Waals surface area contributed by atoms with Gasteiger partial charge in [-0.05, 0) is 37.8 Å². The van der Waals surface area contributed by atoms with Crippen LogP contribution in [0, 0.1) is 12.7 Å². The first-order valence-electron chi connectivity index (χ1n) is 5.94. The van der Waals surface area contributed by atoms with Crippen molar-refractivity contribution in [3.8, 4) is 0 Å². The predicted molar refractivity (Wildman–Crippen MR) is 79.7 cm³/mol. The molecule has 0 amide bonds. The fourth-order valence-corrected chi connectivity index (χ4v) is 3.86. The fourth-order valence-electron chi connectivity index (χ4n) is 1.74. The molecule has 0 aliphatic carbocycles. The highest BCUT2D eigenvalue weighted by molar-refractivity contribution is 7.99. The summed E-state index contributed by atoms with van der Waals surface area (Å²) < 4.78 is 40.3. The summed E-state index contributed by atoms with van der Waals surface area (Å²) >= 11 is 1.36. The molecule has 0 saturated heterocycles. The number of nitrogen functional groups attached to an aromatic ring is 1. The zero-order valence-corrected chi connectivity index (χ0v) is 13.2. The summed E-state index contributed by atoms with van der Waals surface area (Å²) in [6.45, 7) is 2.97. The number of benzene rings is 1. The highest BCUT2D eigenvalue weighted by Gasteiger charge is 2.24. The van der Waals surface area contributed by atoms with Crippen LogP contribution in [-0.2, 0) is 10.0 Å². The average Bonchev–Trinajstić information content (AvgIpc) is 2.36. The maximum atomic E-state index is 13.4. The summed E-state index contributed by atoms with van der Waals surface area (Å²) in [6.07, 6.45) is 1.78. The van der Waals surface area contributed by atoms with Gasteiger partial charge in [0.05, 0.1) is 17.2 Å². The van der Waals surface area contributed by atoms with Crippen molar-refractivity contribution in [2.75, 3.05) is 18.6 Å². The van der Waals surface area contributed by atoms with Crippen LogP contribution in [0.15, 0.2) is 17.0 Å². The summed E-state index contributed by atoms with van der Waals surface area (Å²) in [5.41, 5.74) is 5.41.